The summed E-state index contributed by atoms with van der Waals surface area (Å²) in [5.74, 6) is -0.0986. The number of benzene rings is 1. The Bertz CT molecular complexity index is 708. The summed E-state index contributed by atoms with van der Waals surface area (Å²) in [5.41, 5.74) is 0.604. The maximum absolute atomic E-state index is 12.7. The lowest BCUT2D eigenvalue weighted by atomic mass is 10.2. The molecule has 0 aliphatic carbocycles. The van der Waals surface area contributed by atoms with Crippen LogP contribution in [0.25, 0.3) is 0 Å². The minimum absolute atomic E-state index is 0.0986. The molecule has 0 radical (unpaired) electrons. The predicted molar refractivity (Wildman–Crippen MR) is 99.5 cm³/mol. The first kappa shape index (κ1) is 19.3. The van der Waals surface area contributed by atoms with Crippen molar-refractivity contribution in [2.45, 2.75) is 37.1 Å². The molecule has 2 fully saturated rings. The topological polar surface area (TPSA) is 79.0 Å². The summed E-state index contributed by atoms with van der Waals surface area (Å²) >= 11 is 0. The predicted octanol–water partition coefficient (Wildman–Crippen LogP) is 1.52. The van der Waals surface area contributed by atoms with Gasteiger partial charge in [0.15, 0.2) is 0 Å². The summed E-state index contributed by atoms with van der Waals surface area (Å²) in [7, 11) is -3.44. The molecule has 1 N–H and O–H groups in total. The number of hydrogen-bond donors (Lipinski definition) is 1. The Labute approximate surface area is 155 Å². The molecule has 8 heteroatoms. The molecule has 7 nitrogen and oxygen atoms in total. The molecule has 2 aliphatic heterocycles. The lowest BCUT2D eigenvalue weighted by molar-refractivity contribution is -0.122. The van der Waals surface area contributed by atoms with Gasteiger partial charge in [-0.15, -0.1) is 0 Å². The van der Waals surface area contributed by atoms with Gasteiger partial charge in [0.1, 0.15) is 0 Å². The highest BCUT2D eigenvalue weighted by atomic mass is 32.2. The normalized spacial score (nSPS) is 21.3. The fraction of sp³-hybridized carbons (Fsp3) is 0.611. The lowest BCUT2D eigenvalue weighted by Gasteiger charge is -2.31. The molecule has 3 rings (SSSR count). The Morgan fingerprint density at radius 3 is 2.27 bits per heavy atom. The number of carbonyl (C=O) groups is 1. The fourth-order valence-electron chi connectivity index (χ4n) is 3.34. The van der Waals surface area contributed by atoms with E-state index in [0.29, 0.717) is 32.0 Å². The van der Waals surface area contributed by atoms with E-state index in [2.05, 4.69) is 10.2 Å². The molecule has 1 aromatic carbocycles. The molecule has 0 aromatic heterocycles. The maximum Gasteiger partial charge on any atom is 0.243 e. The summed E-state index contributed by atoms with van der Waals surface area (Å²) in [6.07, 6.45) is 2.90. The first-order chi connectivity index (χ1) is 12.5. The van der Waals surface area contributed by atoms with E-state index in [-0.39, 0.29) is 16.8 Å². The lowest BCUT2D eigenvalue weighted by Crippen LogP contribution is -2.47. The highest BCUT2D eigenvalue weighted by Crippen LogP contribution is 2.22. The molecular weight excluding hydrogens is 354 g/mol. The second kappa shape index (κ2) is 8.47. The number of amides is 1. The molecular formula is C18H27N3O4S. The van der Waals surface area contributed by atoms with Gasteiger partial charge in [0.25, 0.3) is 0 Å². The molecule has 0 spiro atoms. The molecule has 0 unspecified atom stereocenters. The minimum atomic E-state index is -3.44. The molecule has 2 heterocycles. The third-order valence-electron chi connectivity index (χ3n) is 5.05. The Morgan fingerprint density at radius 1 is 1.04 bits per heavy atom. The van der Waals surface area contributed by atoms with Gasteiger partial charge in [-0.3, -0.25) is 9.69 Å². The number of hydrogen-bond acceptors (Lipinski definition) is 5. The van der Waals surface area contributed by atoms with Crippen molar-refractivity contribution in [1.29, 1.82) is 0 Å². The number of morpholine rings is 1. The highest BCUT2D eigenvalue weighted by molar-refractivity contribution is 7.89. The summed E-state index contributed by atoms with van der Waals surface area (Å²) in [5, 5.41) is 2.87. The van der Waals surface area contributed by atoms with Crippen molar-refractivity contribution in [3.8, 4) is 0 Å². The van der Waals surface area contributed by atoms with E-state index in [1.807, 2.05) is 6.92 Å². The Kier molecular flexibility index (Phi) is 6.29. The second-order valence-electron chi connectivity index (χ2n) is 6.80. The number of rotatable bonds is 5. The van der Waals surface area contributed by atoms with E-state index in [1.165, 1.54) is 0 Å². The Morgan fingerprint density at radius 2 is 1.65 bits per heavy atom. The number of sulfonamides is 1. The van der Waals surface area contributed by atoms with Crippen LogP contribution in [0.5, 0.6) is 0 Å². The van der Waals surface area contributed by atoms with Gasteiger partial charge in [0.05, 0.1) is 24.2 Å². The first-order valence-electron chi connectivity index (χ1n) is 9.21. The SMILES string of the molecule is C[C@H](C(=O)Nc1ccc(S(=O)(=O)N2CCCCC2)cc1)N1CCOCC1. The zero-order valence-corrected chi connectivity index (χ0v) is 16.0. The van der Waals surface area contributed by atoms with Crippen molar-refractivity contribution in [2.75, 3.05) is 44.7 Å². The van der Waals surface area contributed by atoms with Crippen LogP contribution in [0.15, 0.2) is 29.2 Å². The largest absolute Gasteiger partial charge is 0.379 e. The van der Waals surface area contributed by atoms with E-state index in [1.54, 1.807) is 28.6 Å². The molecule has 2 saturated heterocycles. The van der Waals surface area contributed by atoms with Crippen LogP contribution in [-0.2, 0) is 19.6 Å². The smallest absolute Gasteiger partial charge is 0.243 e. The quantitative estimate of drug-likeness (QED) is 0.837. The van der Waals surface area contributed by atoms with Crippen molar-refractivity contribution < 1.29 is 17.9 Å². The minimum Gasteiger partial charge on any atom is -0.379 e. The van der Waals surface area contributed by atoms with Crippen LogP contribution in [0.3, 0.4) is 0 Å². The summed E-state index contributed by atoms with van der Waals surface area (Å²) in [6, 6.07) is 6.19. The average Bonchev–Trinajstić information content (AvgIpc) is 2.69. The van der Waals surface area contributed by atoms with Crippen molar-refractivity contribution in [3.05, 3.63) is 24.3 Å². The Balaban J connectivity index is 1.62. The number of piperidine rings is 1. The van der Waals surface area contributed by atoms with E-state index in [0.717, 1.165) is 32.4 Å². The molecule has 144 valence electrons. The van der Waals surface area contributed by atoms with Crippen LogP contribution < -0.4 is 5.32 Å². The molecule has 1 aromatic rings. The van der Waals surface area contributed by atoms with E-state index < -0.39 is 10.0 Å². The van der Waals surface area contributed by atoms with Crippen molar-refractivity contribution in [2.24, 2.45) is 0 Å². The molecule has 0 saturated carbocycles. The van der Waals surface area contributed by atoms with Gasteiger partial charge < -0.3 is 10.1 Å². The van der Waals surface area contributed by atoms with Crippen LogP contribution in [-0.4, -0.2) is 69.0 Å². The number of nitrogens with one attached hydrogen (secondary N) is 1. The zero-order chi connectivity index (χ0) is 18.6. The summed E-state index contributed by atoms with van der Waals surface area (Å²) in [6.45, 7) is 5.79. The van der Waals surface area contributed by atoms with Crippen LogP contribution in [0.4, 0.5) is 5.69 Å². The molecule has 1 atom stereocenters. The third-order valence-corrected chi connectivity index (χ3v) is 6.96. The van der Waals surface area contributed by atoms with E-state index in [4.69, 9.17) is 4.74 Å². The zero-order valence-electron chi connectivity index (χ0n) is 15.2. The molecule has 26 heavy (non-hydrogen) atoms. The standard InChI is InChI=1S/C18H27N3O4S/c1-15(20-11-13-25-14-12-20)18(22)19-16-5-7-17(8-6-16)26(23,24)21-9-3-2-4-10-21/h5-8,15H,2-4,9-14H2,1H3,(H,19,22)/t15-/m1/s1. The van der Waals surface area contributed by atoms with Crippen LogP contribution in [0, 0.1) is 0 Å². The van der Waals surface area contributed by atoms with E-state index in [9.17, 15) is 13.2 Å². The van der Waals surface area contributed by atoms with Crippen LogP contribution in [0.2, 0.25) is 0 Å². The number of carbonyl (C=O) groups excluding carboxylic acids is 1. The Hall–Kier alpha value is -1.48. The summed E-state index contributed by atoms with van der Waals surface area (Å²) < 4.78 is 32.2. The highest BCUT2D eigenvalue weighted by Gasteiger charge is 2.26. The van der Waals surface area contributed by atoms with Crippen molar-refractivity contribution >= 4 is 21.6 Å². The second-order valence-corrected chi connectivity index (χ2v) is 8.74. The number of anilines is 1. The van der Waals surface area contributed by atoms with Gasteiger partial charge >= 0.3 is 0 Å². The first-order valence-corrected chi connectivity index (χ1v) is 10.7. The third kappa shape index (κ3) is 4.43. The molecule has 2 aliphatic rings. The average molecular weight is 381 g/mol. The molecule has 1 amide bonds. The van der Waals surface area contributed by atoms with Gasteiger partial charge in [-0.1, -0.05) is 6.42 Å². The van der Waals surface area contributed by atoms with Crippen molar-refractivity contribution in [1.82, 2.24) is 9.21 Å². The van der Waals surface area contributed by atoms with Gasteiger partial charge in [-0.25, -0.2) is 8.42 Å². The van der Waals surface area contributed by atoms with E-state index >= 15 is 0 Å². The van der Waals surface area contributed by atoms with Crippen LogP contribution in [0.1, 0.15) is 26.2 Å². The number of nitrogens with zero attached hydrogens (tertiary/aromatic N) is 2. The van der Waals surface area contributed by atoms with Gasteiger partial charge in [0.2, 0.25) is 15.9 Å². The van der Waals surface area contributed by atoms with Gasteiger partial charge in [-0.2, -0.15) is 4.31 Å². The van der Waals surface area contributed by atoms with Gasteiger partial charge in [-0.05, 0) is 44.0 Å². The van der Waals surface area contributed by atoms with Crippen molar-refractivity contribution in [3.63, 3.8) is 0 Å². The fourth-order valence-corrected chi connectivity index (χ4v) is 4.86. The maximum atomic E-state index is 12.7. The van der Waals surface area contributed by atoms with Gasteiger partial charge in [0, 0.05) is 31.9 Å². The van der Waals surface area contributed by atoms with Crippen LogP contribution >= 0.6 is 0 Å². The molecule has 0 bridgehead atoms. The monoisotopic (exact) mass is 381 g/mol. The number of ether oxygens (including phenoxy) is 1. The summed E-state index contributed by atoms with van der Waals surface area (Å²) in [4.78, 5) is 14.8.